The Kier molecular flexibility index (Phi) is 6.52. The number of carbonyl (C=O) groups is 1. The highest BCUT2D eigenvalue weighted by Gasteiger charge is 2.30. The lowest BCUT2D eigenvalue weighted by molar-refractivity contribution is -0.131. The van der Waals surface area contributed by atoms with Gasteiger partial charge in [0.25, 0.3) is 0 Å². The lowest BCUT2D eigenvalue weighted by atomic mass is 9.80. The lowest BCUT2D eigenvalue weighted by Gasteiger charge is -2.27. The largest absolute Gasteiger partial charge is 0.394 e. The van der Waals surface area contributed by atoms with E-state index in [0.717, 1.165) is 0 Å². The van der Waals surface area contributed by atoms with Gasteiger partial charge in [-0.15, -0.1) is 0 Å². The topological polar surface area (TPSA) is 58.6 Å². The summed E-state index contributed by atoms with van der Waals surface area (Å²) in [5.41, 5.74) is -0.350. The van der Waals surface area contributed by atoms with Gasteiger partial charge in [0.2, 0.25) is 5.91 Å². The molecule has 4 heteroatoms. The van der Waals surface area contributed by atoms with Crippen molar-refractivity contribution in [2.75, 3.05) is 26.4 Å². The third-order valence-electron chi connectivity index (χ3n) is 2.80. The zero-order valence-corrected chi connectivity index (χ0v) is 10.2. The second-order valence-corrected chi connectivity index (χ2v) is 4.47. The molecule has 0 aromatic heterocycles. The Bertz CT molecular complexity index is 190. The number of aliphatic hydroxyl groups is 1. The highest BCUT2D eigenvalue weighted by molar-refractivity contribution is 5.81. The van der Waals surface area contributed by atoms with Gasteiger partial charge < -0.3 is 15.2 Å². The minimum absolute atomic E-state index is 0.0193. The first-order chi connectivity index (χ1) is 6.92. The number of hydrogen-bond donors (Lipinski definition) is 2. The van der Waals surface area contributed by atoms with Crippen molar-refractivity contribution in [3.63, 3.8) is 0 Å². The van der Waals surface area contributed by atoms with Crippen LogP contribution in [-0.4, -0.2) is 37.4 Å². The minimum atomic E-state index is -0.350. The van der Waals surface area contributed by atoms with E-state index in [1.165, 1.54) is 0 Å². The summed E-state index contributed by atoms with van der Waals surface area (Å²) >= 11 is 0. The van der Waals surface area contributed by atoms with Gasteiger partial charge in [0.05, 0.1) is 19.8 Å². The first kappa shape index (κ1) is 14.4. The van der Waals surface area contributed by atoms with E-state index in [9.17, 15) is 4.79 Å². The van der Waals surface area contributed by atoms with Crippen molar-refractivity contribution in [1.82, 2.24) is 5.32 Å². The van der Waals surface area contributed by atoms with Crippen LogP contribution in [0.1, 0.15) is 27.7 Å². The van der Waals surface area contributed by atoms with Crippen LogP contribution in [0.2, 0.25) is 0 Å². The van der Waals surface area contributed by atoms with Crippen LogP contribution in [0.5, 0.6) is 0 Å². The van der Waals surface area contributed by atoms with Gasteiger partial charge in [-0.1, -0.05) is 27.7 Å². The van der Waals surface area contributed by atoms with Gasteiger partial charge in [0.1, 0.15) is 0 Å². The summed E-state index contributed by atoms with van der Waals surface area (Å²) in [6.07, 6.45) is 0. The predicted octanol–water partition coefficient (Wildman–Crippen LogP) is 0.794. The second-order valence-electron chi connectivity index (χ2n) is 4.47. The van der Waals surface area contributed by atoms with Crippen molar-refractivity contribution in [2.45, 2.75) is 27.7 Å². The molecule has 1 amide bonds. The van der Waals surface area contributed by atoms with E-state index in [-0.39, 0.29) is 17.9 Å². The minimum Gasteiger partial charge on any atom is -0.394 e. The fourth-order valence-corrected chi connectivity index (χ4v) is 0.893. The normalized spacial score (nSPS) is 11.9. The zero-order valence-electron chi connectivity index (χ0n) is 10.2. The molecule has 90 valence electrons. The molecule has 0 radical (unpaired) electrons. The smallest absolute Gasteiger partial charge is 0.225 e. The Hall–Kier alpha value is -0.610. The van der Waals surface area contributed by atoms with E-state index in [1.807, 2.05) is 27.7 Å². The highest BCUT2D eigenvalue weighted by Crippen LogP contribution is 2.25. The highest BCUT2D eigenvalue weighted by atomic mass is 16.5. The fourth-order valence-electron chi connectivity index (χ4n) is 0.893. The molecular weight excluding hydrogens is 194 g/mol. The fraction of sp³-hybridized carbons (Fsp3) is 0.909. The number of amides is 1. The molecule has 2 N–H and O–H groups in total. The van der Waals surface area contributed by atoms with Crippen molar-refractivity contribution >= 4 is 5.91 Å². The van der Waals surface area contributed by atoms with E-state index in [4.69, 9.17) is 9.84 Å². The van der Waals surface area contributed by atoms with Crippen molar-refractivity contribution in [3.05, 3.63) is 0 Å². The van der Waals surface area contributed by atoms with E-state index in [0.29, 0.717) is 25.7 Å². The maximum Gasteiger partial charge on any atom is 0.225 e. The molecule has 0 rings (SSSR count). The first-order valence-electron chi connectivity index (χ1n) is 5.39. The molecule has 15 heavy (non-hydrogen) atoms. The average molecular weight is 217 g/mol. The van der Waals surface area contributed by atoms with Gasteiger partial charge >= 0.3 is 0 Å². The molecule has 0 saturated heterocycles. The molecule has 0 heterocycles. The first-order valence-corrected chi connectivity index (χ1v) is 5.39. The molecule has 0 fully saturated rings. The van der Waals surface area contributed by atoms with Gasteiger partial charge in [-0.05, 0) is 5.92 Å². The molecule has 0 aromatic rings. The third-order valence-corrected chi connectivity index (χ3v) is 2.80. The molecule has 0 unspecified atom stereocenters. The van der Waals surface area contributed by atoms with Crippen molar-refractivity contribution in [3.8, 4) is 0 Å². The Morgan fingerprint density at radius 1 is 1.40 bits per heavy atom. The SMILES string of the molecule is CC(C)C(C)(C)C(=O)NCCOCCO. The molecule has 0 aliphatic heterocycles. The molecule has 0 aliphatic rings. The molecule has 0 spiro atoms. The number of aliphatic hydroxyl groups excluding tert-OH is 1. The monoisotopic (exact) mass is 217 g/mol. The van der Waals surface area contributed by atoms with Crippen LogP contribution in [0.25, 0.3) is 0 Å². The molecule has 0 aliphatic carbocycles. The number of hydrogen-bond acceptors (Lipinski definition) is 3. The summed E-state index contributed by atoms with van der Waals surface area (Å²) in [6.45, 7) is 9.21. The summed E-state index contributed by atoms with van der Waals surface area (Å²) in [7, 11) is 0. The van der Waals surface area contributed by atoms with Crippen molar-refractivity contribution < 1.29 is 14.6 Å². The Morgan fingerprint density at radius 2 is 2.00 bits per heavy atom. The summed E-state index contributed by atoms with van der Waals surface area (Å²) in [5.74, 6) is 0.348. The van der Waals surface area contributed by atoms with Crippen molar-refractivity contribution in [2.24, 2.45) is 11.3 Å². The van der Waals surface area contributed by atoms with Crippen LogP contribution in [-0.2, 0) is 9.53 Å². The van der Waals surface area contributed by atoms with Gasteiger partial charge in [0, 0.05) is 12.0 Å². The molecule has 0 bridgehead atoms. The Labute approximate surface area is 92.0 Å². The van der Waals surface area contributed by atoms with Crippen molar-refractivity contribution in [1.29, 1.82) is 0 Å². The number of carbonyl (C=O) groups excluding carboxylic acids is 1. The molecule has 4 nitrogen and oxygen atoms in total. The van der Waals surface area contributed by atoms with Crippen LogP contribution in [0.4, 0.5) is 0 Å². The van der Waals surface area contributed by atoms with Gasteiger partial charge in [-0.2, -0.15) is 0 Å². The van der Waals surface area contributed by atoms with E-state index >= 15 is 0 Å². The quantitative estimate of drug-likeness (QED) is 0.620. The summed E-state index contributed by atoms with van der Waals surface area (Å²) < 4.78 is 5.04. The molecular formula is C11H23NO3. The predicted molar refractivity (Wildman–Crippen MR) is 59.5 cm³/mol. The summed E-state index contributed by atoms with van der Waals surface area (Å²) in [4.78, 5) is 11.7. The van der Waals surface area contributed by atoms with E-state index in [2.05, 4.69) is 5.32 Å². The Balaban J connectivity index is 3.74. The number of ether oxygens (including phenoxy) is 1. The van der Waals surface area contributed by atoms with Crippen LogP contribution in [0.15, 0.2) is 0 Å². The van der Waals surface area contributed by atoms with Crippen LogP contribution in [0.3, 0.4) is 0 Å². The average Bonchev–Trinajstić information content (AvgIpc) is 2.16. The molecule has 0 saturated carbocycles. The standard InChI is InChI=1S/C11H23NO3/c1-9(2)11(3,4)10(14)12-5-7-15-8-6-13/h9,13H,5-8H2,1-4H3,(H,12,14). The van der Waals surface area contributed by atoms with Gasteiger partial charge in [-0.3, -0.25) is 4.79 Å². The molecule has 0 aromatic carbocycles. The number of rotatable bonds is 7. The van der Waals surface area contributed by atoms with Crippen LogP contribution in [0, 0.1) is 11.3 Å². The zero-order chi connectivity index (χ0) is 11.9. The maximum absolute atomic E-state index is 11.7. The lowest BCUT2D eigenvalue weighted by Crippen LogP contribution is -2.41. The van der Waals surface area contributed by atoms with Crippen LogP contribution < -0.4 is 5.32 Å². The summed E-state index contributed by atoms with van der Waals surface area (Å²) in [6, 6.07) is 0. The maximum atomic E-state index is 11.7. The summed E-state index contributed by atoms with van der Waals surface area (Å²) in [5, 5.41) is 11.3. The molecule has 0 atom stereocenters. The van der Waals surface area contributed by atoms with Crippen LogP contribution >= 0.6 is 0 Å². The number of nitrogens with one attached hydrogen (secondary N) is 1. The van der Waals surface area contributed by atoms with Gasteiger partial charge in [-0.25, -0.2) is 0 Å². The second kappa shape index (κ2) is 6.80. The Morgan fingerprint density at radius 3 is 2.47 bits per heavy atom. The third kappa shape index (κ3) is 5.14. The van der Waals surface area contributed by atoms with E-state index < -0.39 is 0 Å². The van der Waals surface area contributed by atoms with Gasteiger partial charge in [0.15, 0.2) is 0 Å². The van der Waals surface area contributed by atoms with E-state index in [1.54, 1.807) is 0 Å².